The molecule has 1 fully saturated rings. The fraction of sp³-hybridized carbons (Fsp3) is 1.00. The molecular weight excluding hydrogens is 184 g/mol. The predicted octanol–water partition coefficient (Wildman–Crippen LogP) is 2.35. The van der Waals surface area contributed by atoms with Gasteiger partial charge in [-0.05, 0) is 31.2 Å². The van der Waals surface area contributed by atoms with Gasteiger partial charge in [-0.15, -0.1) is 0 Å². The fourth-order valence-electron chi connectivity index (χ4n) is 1.95. The molecule has 0 amide bonds. The highest BCUT2D eigenvalue weighted by Gasteiger charge is 2.28. The van der Waals surface area contributed by atoms with Gasteiger partial charge in [0.25, 0.3) is 0 Å². The number of nitrogens with one attached hydrogen (secondary N) is 1. The van der Waals surface area contributed by atoms with Gasteiger partial charge in [0.05, 0.1) is 0 Å². The average molecular weight is 212 g/mol. The summed E-state index contributed by atoms with van der Waals surface area (Å²) in [7, 11) is 0. The summed E-state index contributed by atoms with van der Waals surface area (Å²) in [5.41, 5.74) is 0. The van der Waals surface area contributed by atoms with E-state index in [-0.39, 0.29) is 0 Å². The van der Waals surface area contributed by atoms with Crippen molar-refractivity contribution in [3.8, 4) is 0 Å². The van der Waals surface area contributed by atoms with Crippen molar-refractivity contribution < 1.29 is 0 Å². The minimum absolute atomic E-state index is 0.768. The van der Waals surface area contributed by atoms with Gasteiger partial charge in [-0.25, -0.2) is 0 Å². The van der Waals surface area contributed by atoms with Crippen molar-refractivity contribution in [2.45, 2.75) is 46.6 Å². The Morgan fingerprint density at radius 3 is 2.27 bits per heavy atom. The van der Waals surface area contributed by atoms with Crippen molar-refractivity contribution >= 4 is 0 Å². The molecule has 1 saturated carbocycles. The summed E-state index contributed by atoms with van der Waals surface area (Å²) in [5, 5.41) is 3.53. The van der Waals surface area contributed by atoms with E-state index >= 15 is 0 Å². The van der Waals surface area contributed by atoms with Crippen LogP contribution >= 0.6 is 0 Å². The van der Waals surface area contributed by atoms with Crippen LogP contribution in [0.25, 0.3) is 0 Å². The molecule has 0 saturated heterocycles. The number of hydrogen-bond donors (Lipinski definition) is 1. The van der Waals surface area contributed by atoms with E-state index in [9.17, 15) is 0 Å². The quantitative estimate of drug-likeness (QED) is 0.621. The Morgan fingerprint density at radius 1 is 1.13 bits per heavy atom. The fourth-order valence-corrected chi connectivity index (χ4v) is 1.95. The second kappa shape index (κ2) is 6.49. The molecule has 0 aromatic rings. The minimum atomic E-state index is 0.768. The topological polar surface area (TPSA) is 15.3 Å². The lowest BCUT2D eigenvalue weighted by molar-refractivity contribution is 0.233. The van der Waals surface area contributed by atoms with Crippen LogP contribution in [0.3, 0.4) is 0 Å². The summed E-state index contributed by atoms with van der Waals surface area (Å²) in [4.78, 5) is 2.66. The zero-order chi connectivity index (χ0) is 11.3. The Labute approximate surface area is 95.4 Å². The molecule has 0 aliphatic heterocycles. The van der Waals surface area contributed by atoms with E-state index in [1.54, 1.807) is 0 Å². The predicted molar refractivity (Wildman–Crippen MR) is 67.1 cm³/mol. The standard InChI is InChI=1S/C13H28N2/c1-11(2)9-14-7-8-15(10-12(3)4)13-5-6-13/h11-14H,5-10H2,1-4H3. The third-order valence-electron chi connectivity index (χ3n) is 2.79. The Bertz CT molecular complexity index is 162. The van der Waals surface area contributed by atoms with Crippen LogP contribution in [0.2, 0.25) is 0 Å². The van der Waals surface area contributed by atoms with Gasteiger partial charge in [0.2, 0.25) is 0 Å². The Hall–Kier alpha value is -0.0800. The van der Waals surface area contributed by atoms with Crippen LogP contribution in [0, 0.1) is 11.8 Å². The highest BCUT2D eigenvalue weighted by atomic mass is 15.2. The summed E-state index contributed by atoms with van der Waals surface area (Å²) in [6, 6.07) is 0.910. The molecule has 0 heterocycles. The second-order valence-electron chi connectivity index (χ2n) is 5.72. The highest BCUT2D eigenvalue weighted by molar-refractivity contribution is 4.85. The van der Waals surface area contributed by atoms with Crippen molar-refractivity contribution in [3.05, 3.63) is 0 Å². The van der Waals surface area contributed by atoms with E-state index in [1.807, 2.05) is 0 Å². The summed E-state index contributed by atoms with van der Waals surface area (Å²) < 4.78 is 0. The van der Waals surface area contributed by atoms with Gasteiger partial charge in [0.1, 0.15) is 0 Å². The maximum Gasteiger partial charge on any atom is 0.0110 e. The summed E-state index contributed by atoms with van der Waals surface area (Å²) in [5.74, 6) is 1.57. The smallest absolute Gasteiger partial charge is 0.0110 e. The first-order chi connectivity index (χ1) is 7.09. The molecule has 90 valence electrons. The van der Waals surface area contributed by atoms with Crippen LogP contribution in [0.1, 0.15) is 40.5 Å². The van der Waals surface area contributed by atoms with Crippen LogP contribution in [-0.2, 0) is 0 Å². The lowest BCUT2D eigenvalue weighted by atomic mass is 10.2. The largest absolute Gasteiger partial charge is 0.315 e. The molecule has 0 aromatic carbocycles. The van der Waals surface area contributed by atoms with E-state index in [1.165, 1.54) is 25.9 Å². The van der Waals surface area contributed by atoms with Crippen LogP contribution in [0.15, 0.2) is 0 Å². The molecule has 0 atom stereocenters. The van der Waals surface area contributed by atoms with Crippen LogP contribution < -0.4 is 5.32 Å². The van der Waals surface area contributed by atoms with Crippen molar-refractivity contribution in [2.24, 2.45) is 11.8 Å². The van der Waals surface area contributed by atoms with Gasteiger partial charge in [0, 0.05) is 25.7 Å². The minimum Gasteiger partial charge on any atom is -0.315 e. The highest BCUT2D eigenvalue weighted by Crippen LogP contribution is 2.26. The maximum atomic E-state index is 3.53. The van der Waals surface area contributed by atoms with Gasteiger partial charge in [-0.3, -0.25) is 4.90 Å². The second-order valence-corrected chi connectivity index (χ2v) is 5.72. The van der Waals surface area contributed by atoms with Crippen LogP contribution in [0.5, 0.6) is 0 Å². The van der Waals surface area contributed by atoms with Gasteiger partial charge in [-0.1, -0.05) is 27.7 Å². The van der Waals surface area contributed by atoms with Gasteiger partial charge in [0.15, 0.2) is 0 Å². The zero-order valence-corrected chi connectivity index (χ0v) is 10.9. The molecule has 0 radical (unpaired) electrons. The zero-order valence-electron chi connectivity index (χ0n) is 10.9. The normalized spacial score (nSPS) is 17.0. The molecule has 1 aliphatic carbocycles. The van der Waals surface area contributed by atoms with Crippen LogP contribution in [0.4, 0.5) is 0 Å². The van der Waals surface area contributed by atoms with E-state index in [2.05, 4.69) is 37.9 Å². The third-order valence-corrected chi connectivity index (χ3v) is 2.79. The number of rotatable bonds is 8. The molecule has 2 heteroatoms. The monoisotopic (exact) mass is 212 g/mol. The first-order valence-corrected chi connectivity index (χ1v) is 6.54. The van der Waals surface area contributed by atoms with Crippen molar-refractivity contribution in [1.29, 1.82) is 0 Å². The summed E-state index contributed by atoms with van der Waals surface area (Å²) in [6.07, 6.45) is 2.85. The molecule has 0 spiro atoms. The van der Waals surface area contributed by atoms with E-state index < -0.39 is 0 Å². The first-order valence-electron chi connectivity index (χ1n) is 6.54. The van der Waals surface area contributed by atoms with Gasteiger partial charge < -0.3 is 5.32 Å². The molecule has 15 heavy (non-hydrogen) atoms. The molecule has 1 N–H and O–H groups in total. The molecule has 0 aromatic heterocycles. The molecule has 1 aliphatic rings. The van der Waals surface area contributed by atoms with Crippen LogP contribution in [-0.4, -0.2) is 37.1 Å². The number of nitrogens with zero attached hydrogens (tertiary/aromatic N) is 1. The average Bonchev–Trinajstić information content (AvgIpc) is 2.92. The summed E-state index contributed by atoms with van der Waals surface area (Å²) in [6.45, 7) is 14.0. The maximum absolute atomic E-state index is 3.53. The molecule has 0 unspecified atom stereocenters. The van der Waals surface area contributed by atoms with E-state index in [0.717, 1.165) is 31.0 Å². The third kappa shape index (κ3) is 6.16. The molecule has 2 nitrogen and oxygen atoms in total. The lowest BCUT2D eigenvalue weighted by Crippen LogP contribution is -2.37. The van der Waals surface area contributed by atoms with Crippen molar-refractivity contribution in [1.82, 2.24) is 10.2 Å². The molecule has 1 rings (SSSR count). The summed E-state index contributed by atoms with van der Waals surface area (Å²) >= 11 is 0. The van der Waals surface area contributed by atoms with Crippen molar-refractivity contribution in [2.75, 3.05) is 26.2 Å². The SMILES string of the molecule is CC(C)CNCCN(CC(C)C)C1CC1. The molecule has 0 bridgehead atoms. The van der Waals surface area contributed by atoms with Gasteiger partial charge >= 0.3 is 0 Å². The van der Waals surface area contributed by atoms with E-state index in [0.29, 0.717) is 0 Å². The Kier molecular flexibility index (Phi) is 5.62. The first kappa shape index (κ1) is 13.0. The van der Waals surface area contributed by atoms with E-state index in [4.69, 9.17) is 0 Å². The number of hydrogen-bond acceptors (Lipinski definition) is 2. The van der Waals surface area contributed by atoms with Crippen molar-refractivity contribution in [3.63, 3.8) is 0 Å². The Morgan fingerprint density at radius 2 is 1.80 bits per heavy atom. The molecular formula is C13H28N2. The van der Waals surface area contributed by atoms with Gasteiger partial charge in [-0.2, -0.15) is 0 Å². The lowest BCUT2D eigenvalue weighted by Gasteiger charge is -2.24. The Balaban J connectivity index is 2.09.